The predicted octanol–water partition coefficient (Wildman–Crippen LogP) is 0.892. The Labute approximate surface area is 112 Å². The Morgan fingerprint density at radius 2 is 2.11 bits per heavy atom. The topological polar surface area (TPSA) is 52.7 Å². The van der Waals surface area contributed by atoms with E-state index in [4.69, 9.17) is 5.73 Å². The molecule has 0 radical (unpaired) electrons. The quantitative estimate of drug-likeness (QED) is 0.742. The van der Waals surface area contributed by atoms with E-state index < -0.39 is 5.60 Å². The third-order valence-corrected chi connectivity index (χ3v) is 4.10. The normalized spacial score (nSPS) is 26.8. The van der Waals surface area contributed by atoms with E-state index in [1.165, 1.54) is 32.5 Å². The highest BCUT2D eigenvalue weighted by Crippen LogP contribution is 2.15. The maximum Gasteiger partial charge on any atom is 0.0741 e. The highest BCUT2D eigenvalue weighted by atomic mass is 16.3. The van der Waals surface area contributed by atoms with Crippen LogP contribution in [-0.4, -0.2) is 66.3 Å². The van der Waals surface area contributed by atoms with Crippen LogP contribution in [0.15, 0.2) is 0 Å². The summed E-state index contributed by atoms with van der Waals surface area (Å²) in [5, 5.41) is 9.92. The lowest BCUT2D eigenvalue weighted by molar-refractivity contribution is 0.0522. The average Bonchev–Trinajstić information content (AvgIpc) is 2.51. The van der Waals surface area contributed by atoms with Crippen molar-refractivity contribution in [1.29, 1.82) is 0 Å². The zero-order valence-electron chi connectivity index (χ0n) is 12.4. The third-order valence-electron chi connectivity index (χ3n) is 4.10. The summed E-state index contributed by atoms with van der Waals surface area (Å²) in [6.45, 7) is 9.10. The fraction of sp³-hybridized carbons (Fsp3) is 1.00. The molecule has 0 aromatic heterocycles. The molecule has 1 saturated heterocycles. The molecule has 108 valence electrons. The number of nitrogens with two attached hydrogens (primary N) is 1. The summed E-state index contributed by atoms with van der Waals surface area (Å²) in [5.74, 6) is 0. The molecule has 0 aromatic carbocycles. The summed E-state index contributed by atoms with van der Waals surface area (Å²) in [6, 6.07) is 0.667. The van der Waals surface area contributed by atoms with E-state index in [1.54, 1.807) is 0 Å². The minimum atomic E-state index is -0.690. The Kier molecular flexibility index (Phi) is 6.57. The Bertz CT molecular complexity index is 233. The van der Waals surface area contributed by atoms with Gasteiger partial charge in [-0.1, -0.05) is 6.92 Å². The second-order valence-electron chi connectivity index (χ2n) is 6.02. The number of rotatable bonds is 6. The molecule has 1 heterocycles. The van der Waals surface area contributed by atoms with Gasteiger partial charge in [0.1, 0.15) is 0 Å². The molecule has 2 unspecified atom stereocenters. The lowest BCUT2D eigenvalue weighted by Crippen LogP contribution is -2.41. The second-order valence-corrected chi connectivity index (χ2v) is 6.02. The Morgan fingerprint density at radius 1 is 1.39 bits per heavy atom. The molecule has 0 amide bonds. The van der Waals surface area contributed by atoms with Crippen molar-refractivity contribution in [2.75, 3.05) is 39.8 Å². The summed E-state index contributed by atoms with van der Waals surface area (Å²) in [5.41, 5.74) is 4.86. The highest BCUT2D eigenvalue weighted by molar-refractivity contribution is 4.79. The first kappa shape index (κ1) is 15.9. The van der Waals surface area contributed by atoms with Gasteiger partial charge in [-0.2, -0.15) is 0 Å². The third kappa shape index (κ3) is 5.22. The van der Waals surface area contributed by atoms with E-state index >= 15 is 0 Å². The highest BCUT2D eigenvalue weighted by Gasteiger charge is 2.23. The monoisotopic (exact) mass is 257 g/mol. The van der Waals surface area contributed by atoms with Crippen LogP contribution in [0, 0.1) is 0 Å². The molecule has 18 heavy (non-hydrogen) atoms. The molecule has 1 fully saturated rings. The van der Waals surface area contributed by atoms with Gasteiger partial charge in [-0.3, -0.25) is 4.90 Å². The van der Waals surface area contributed by atoms with Gasteiger partial charge >= 0.3 is 0 Å². The Morgan fingerprint density at radius 3 is 2.72 bits per heavy atom. The fourth-order valence-corrected chi connectivity index (χ4v) is 2.74. The van der Waals surface area contributed by atoms with E-state index in [2.05, 4.69) is 23.8 Å². The standard InChI is InChI=1S/C14H31N3O/c1-4-13-11-16(3)8-6-10-17(13)9-5-7-14(2,18)12-15/h13,18H,4-12,15H2,1-3H3. The van der Waals surface area contributed by atoms with Gasteiger partial charge < -0.3 is 15.7 Å². The molecule has 1 aliphatic rings. The summed E-state index contributed by atoms with van der Waals surface area (Å²) in [6.07, 6.45) is 4.29. The SMILES string of the molecule is CCC1CN(C)CCCN1CCCC(C)(O)CN. The smallest absolute Gasteiger partial charge is 0.0741 e. The van der Waals surface area contributed by atoms with Crippen LogP contribution in [0.3, 0.4) is 0 Å². The van der Waals surface area contributed by atoms with Crippen LogP contribution < -0.4 is 5.73 Å². The van der Waals surface area contributed by atoms with Crippen molar-refractivity contribution in [1.82, 2.24) is 9.80 Å². The van der Waals surface area contributed by atoms with Crippen LogP contribution in [0.25, 0.3) is 0 Å². The maximum atomic E-state index is 9.92. The number of aliphatic hydroxyl groups is 1. The van der Waals surface area contributed by atoms with Crippen LogP contribution in [0.4, 0.5) is 0 Å². The summed E-state index contributed by atoms with van der Waals surface area (Å²) < 4.78 is 0. The lowest BCUT2D eigenvalue weighted by Gasteiger charge is -2.31. The van der Waals surface area contributed by atoms with Crippen molar-refractivity contribution < 1.29 is 5.11 Å². The molecular weight excluding hydrogens is 226 g/mol. The van der Waals surface area contributed by atoms with Gasteiger partial charge in [-0.25, -0.2) is 0 Å². The van der Waals surface area contributed by atoms with Crippen LogP contribution in [0.1, 0.15) is 39.5 Å². The van der Waals surface area contributed by atoms with Crippen molar-refractivity contribution in [3.63, 3.8) is 0 Å². The zero-order chi connectivity index (χ0) is 13.6. The predicted molar refractivity (Wildman–Crippen MR) is 76.7 cm³/mol. The zero-order valence-corrected chi connectivity index (χ0v) is 12.4. The molecule has 2 atom stereocenters. The molecule has 0 saturated carbocycles. The van der Waals surface area contributed by atoms with Crippen LogP contribution >= 0.6 is 0 Å². The fourth-order valence-electron chi connectivity index (χ4n) is 2.74. The first-order chi connectivity index (χ1) is 8.48. The Balaban J connectivity index is 2.39. The van der Waals surface area contributed by atoms with Gasteiger partial charge in [0.05, 0.1) is 5.60 Å². The summed E-state index contributed by atoms with van der Waals surface area (Å²) in [4.78, 5) is 5.03. The lowest BCUT2D eigenvalue weighted by atomic mass is 10.00. The number of nitrogens with zero attached hydrogens (tertiary/aromatic N) is 2. The van der Waals surface area contributed by atoms with Crippen molar-refractivity contribution in [3.8, 4) is 0 Å². The van der Waals surface area contributed by atoms with Gasteiger partial charge in [0.15, 0.2) is 0 Å². The molecule has 0 aliphatic carbocycles. The van der Waals surface area contributed by atoms with Crippen molar-refractivity contribution >= 4 is 0 Å². The summed E-state index contributed by atoms with van der Waals surface area (Å²) in [7, 11) is 2.21. The van der Waals surface area contributed by atoms with Gasteiger partial charge in [0.2, 0.25) is 0 Å². The van der Waals surface area contributed by atoms with Crippen molar-refractivity contribution in [2.45, 2.75) is 51.2 Å². The summed E-state index contributed by atoms with van der Waals surface area (Å²) >= 11 is 0. The first-order valence-electron chi connectivity index (χ1n) is 7.33. The van der Waals surface area contributed by atoms with Crippen LogP contribution in [-0.2, 0) is 0 Å². The average molecular weight is 257 g/mol. The molecule has 1 rings (SSSR count). The minimum absolute atomic E-state index is 0.354. The molecule has 0 bridgehead atoms. The van der Waals surface area contributed by atoms with E-state index in [1.807, 2.05) is 6.92 Å². The molecule has 0 spiro atoms. The van der Waals surface area contributed by atoms with Gasteiger partial charge in [-0.15, -0.1) is 0 Å². The van der Waals surface area contributed by atoms with Gasteiger partial charge in [0, 0.05) is 19.1 Å². The molecule has 0 aromatic rings. The van der Waals surface area contributed by atoms with E-state index in [9.17, 15) is 5.11 Å². The van der Waals surface area contributed by atoms with Gasteiger partial charge in [0.25, 0.3) is 0 Å². The molecule has 4 heteroatoms. The van der Waals surface area contributed by atoms with Crippen molar-refractivity contribution in [2.24, 2.45) is 5.73 Å². The number of hydrogen-bond acceptors (Lipinski definition) is 4. The molecule has 1 aliphatic heterocycles. The minimum Gasteiger partial charge on any atom is -0.389 e. The van der Waals surface area contributed by atoms with E-state index in [0.717, 1.165) is 19.4 Å². The van der Waals surface area contributed by atoms with Crippen LogP contribution in [0.2, 0.25) is 0 Å². The first-order valence-corrected chi connectivity index (χ1v) is 7.33. The van der Waals surface area contributed by atoms with E-state index in [0.29, 0.717) is 12.6 Å². The molecule has 4 nitrogen and oxygen atoms in total. The Hall–Kier alpha value is -0.160. The molecule has 3 N–H and O–H groups in total. The number of hydrogen-bond donors (Lipinski definition) is 2. The van der Waals surface area contributed by atoms with E-state index in [-0.39, 0.29) is 0 Å². The van der Waals surface area contributed by atoms with Crippen molar-refractivity contribution in [3.05, 3.63) is 0 Å². The largest absolute Gasteiger partial charge is 0.389 e. The van der Waals surface area contributed by atoms with Crippen LogP contribution in [0.5, 0.6) is 0 Å². The maximum absolute atomic E-state index is 9.92. The van der Waals surface area contributed by atoms with Gasteiger partial charge in [-0.05, 0) is 59.3 Å². The second kappa shape index (κ2) is 7.43. The molecular formula is C14H31N3O. The number of likely N-dealkylation sites (N-methyl/N-ethyl adjacent to an activating group) is 1.